The number of nitrogens with two attached hydrogens (primary N) is 1. The van der Waals surface area contributed by atoms with Crippen molar-refractivity contribution in [1.82, 2.24) is 5.43 Å². The van der Waals surface area contributed by atoms with Gasteiger partial charge in [0.1, 0.15) is 5.82 Å². The molecular weight excluding hydrogens is 334 g/mol. The first-order valence-corrected chi connectivity index (χ1v) is 6.34. The molecule has 0 heterocycles. The Bertz CT molecular complexity index is 406. The first kappa shape index (κ1) is 14.2. The summed E-state index contributed by atoms with van der Waals surface area (Å²) in [7, 11) is 0. The molecule has 4 N–H and O–H groups in total. The monoisotopic (exact) mass is 350 g/mol. The van der Waals surface area contributed by atoms with E-state index in [9.17, 15) is 4.39 Å². The summed E-state index contributed by atoms with van der Waals surface area (Å²) >= 11 is 2.05. The Labute approximate surface area is 114 Å². The number of hydrogen-bond acceptors (Lipinski definition) is 2. The smallest absolute Gasteiger partial charge is 0.210 e. The number of benzene rings is 1. The zero-order chi connectivity index (χ0) is 12.8. The van der Waals surface area contributed by atoms with Crippen LogP contribution < -0.4 is 16.6 Å². The quantitative estimate of drug-likeness (QED) is 0.258. The van der Waals surface area contributed by atoms with Crippen LogP contribution in [0.1, 0.15) is 13.8 Å². The zero-order valence-corrected chi connectivity index (χ0v) is 12.0. The third kappa shape index (κ3) is 4.86. The molecular formula is C11H16FIN4. The van der Waals surface area contributed by atoms with Crippen molar-refractivity contribution in [2.75, 3.05) is 11.9 Å². The highest BCUT2D eigenvalue weighted by Crippen LogP contribution is 2.18. The highest BCUT2D eigenvalue weighted by atomic mass is 127. The van der Waals surface area contributed by atoms with Gasteiger partial charge in [0.05, 0.1) is 5.69 Å². The summed E-state index contributed by atoms with van der Waals surface area (Å²) in [4.78, 5) is 4.27. The third-order valence-electron chi connectivity index (χ3n) is 1.94. The summed E-state index contributed by atoms with van der Waals surface area (Å²) in [5.74, 6) is 6.03. The molecule has 0 aliphatic heterocycles. The van der Waals surface area contributed by atoms with Gasteiger partial charge >= 0.3 is 0 Å². The largest absolute Gasteiger partial charge is 0.324 e. The molecule has 0 saturated carbocycles. The molecule has 4 nitrogen and oxygen atoms in total. The minimum Gasteiger partial charge on any atom is -0.324 e. The second kappa shape index (κ2) is 6.75. The van der Waals surface area contributed by atoms with Gasteiger partial charge in [-0.25, -0.2) is 10.2 Å². The Morgan fingerprint density at radius 2 is 2.24 bits per heavy atom. The fourth-order valence-corrected chi connectivity index (χ4v) is 1.73. The van der Waals surface area contributed by atoms with Crippen molar-refractivity contribution >= 4 is 34.2 Å². The Balaban J connectivity index is 2.77. The molecule has 17 heavy (non-hydrogen) atoms. The van der Waals surface area contributed by atoms with Gasteiger partial charge < -0.3 is 5.32 Å². The minimum atomic E-state index is -0.263. The Hall–Kier alpha value is -0.890. The molecule has 94 valence electrons. The van der Waals surface area contributed by atoms with Crippen LogP contribution in [0.5, 0.6) is 0 Å². The highest BCUT2D eigenvalue weighted by Gasteiger charge is 2.04. The lowest BCUT2D eigenvalue weighted by molar-refractivity contribution is 0.627. The molecule has 0 radical (unpaired) electrons. The van der Waals surface area contributed by atoms with Gasteiger partial charge in [0.2, 0.25) is 5.96 Å². The van der Waals surface area contributed by atoms with E-state index in [2.05, 4.69) is 52.2 Å². The third-order valence-corrected chi connectivity index (χ3v) is 2.83. The first-order chi connectivity index (χ1) is 8.02. The fourth-order valence-electron chi connectivity index (χ4n) is 1.11. The van der Waals surface area contributed by atoms with Crippen LogP contribution >= 0.6 is 22.6 Å². The number of hydrogen-bond donors (Lipinski definition) is 3. The maximum Gasteiger partial charge on any atom is 0.210 e. The van der Waals surface area contributed by atoms with E-state index in [1.54, 1.807) is 6.07 Å². The maximum atomic E-state index is 12.9. The summed E-state index contributed by atoms with van der Waals surface area (Å²) in [6, 6.07) is 4.49. The van der Waals surface area contributed by atoms with Gasteiger partial charge in [-0.1, -0.05) is 13.8 Å². The highest BCUT2D eigenvalue weighted by molar-refractivity contribution is 14.1. The fraction of sp³-hybridized carbons (Fsp3) is 0.364. The summed E-state index contributed by atoms with van der Waals surface area (Å²) in [5, 5.41) is 3.02. The second-order valence-corrected chi connectivity index (χ2v) is 5.14. The van der Waals surface area contributed by atoms with Crippen LogP contribution in [0, 0.1) is 15.3 Å². The average Bonchev–Trinajstić information content (AvgIpc) is 2.26. The lowest BCUT2D eigenvalue weighted by atomic mass is 10.2. The molecule has 0 unspecified atom stereocenters. The summed E-state index contributed by atoms with van der Waals surface area (Å²) in [5.41, 5.74) is 3.26. The second-order valence-electron chi connectivity index (χ2n) is 3.98. The van der Waals surface area contributed by atoms with Crippen LogP contribution in [0.3, 0.4) is 0 Å². The maximum absolute atomic E-state index is 12.9. The van der Waals surface area contributed by atoms with Crippen LogP contribution in [0.25, 0.3) is 0 Å². The molecule has 0 spiro atoms. The molecule has 0 amide bonds. The lowest BCUT2D eigenvalue weighted by Gasteiger charge is -2.11. The number of aliphatic imine (C=N–C) groups is 1. The van der Waals surface area contributed by atoms with Crippen molar-refractivity contribution in [2.24, 2.45) is 16.8 Å². The van der Waals surface area contributed by atoms with Gasteiger partial charge in [0, 0.05) is 10.1 Å². The van der Waals surface area contributed by atoms with Crippen molar-refractivity contribution in [2.45, 2.75) is 13.8 Å². The van der Waals surface area contributed by atoms with Crippen molar-refractivity contribution < 1.29 is 4.39 Å². The van der Waals surface area contributed by atoms with Crippen LogP contribution in [0.4, 0.5) is 10.1 Å². The Morgan fingerprint density at radius 1 is 1.53 bits per heavy atom. The SMILES string of the molecule is CC(C)CN=C(NN)Nc1ccc(F)cc1I. The molecule has 0 saturated heterocycles. The molecule has 0 fully saturated rings. The minimum absolute atomic E-state index is 0.263. The lowest BCUT2D eigenvalue weighted by Crippen LogP contribution is -2.36. The number of halogens is 2. The number of guanidine groups is 1. The van der Waals surface area contributed by atoms with Gasteiger partial charge in [-0.3, -0.25) is 10.4 Å². The Morgan fingerprint density at radius 3 is 2.76 bits per heavy atom. The number of nitrogens with zero attached hydrogens (tertiary/aromatic N) is 1. The van der Waals surface area contributed by atoms with Crippen LogP contribution in [-0.4, -0.2) is 12.5 Å². The van der Waals surface area contributed by atoms with Gasteiger partial charge in [0.25, 0.3) is 0 Å². The average molecular weight is 350 g/mol. The van der Waals surface area contributed by atoms with Gasteiger partial charge in [-0.2, -0.15) is 0 Å². The van der Waals surface area contributed by atoms with E-state index in [1.165, 1.54) is 12.1 Å². The van der Waals surface area contributed by atoms with Crippen molar-refractivity contribution in [3.63, 3.8) is 0 Å². The number of nitrogens with one attached hydrogen (secondary N) is 2. The van der Waals surface area contributed by atoms with Crippen LogP contribution in [0.15, 0.2) is 23.2 Å². The van der Waals surface area contributed by atoms with E-state index in [1.807, 2.05) is 0 Å². The number of rotatable bonds is 3. The van der Waals surface area contributed by atoms with Gasteiger partial charge in [-0.15, -0.1) is 0 Å². The van der Waals surface area contributed by atoms with E-state index in [4.69, 9.17) is 5.84 Å². The zero-order valence-electron chi connectivity index (χ0n) is 9.80. The van der Waals surface area contributed by atoms with E-state index in [0.717, 1.165) is 9.26 Å². The molecule has 0 atom stereocenters. The molecule has 0 bridgehead atoms. The van der Waals surface area contributed by atoms with E-state index in [-0.39, 0.29) is 5.82 Å². The standard InChI is InChI=1S/C11H16FIN4/c1-7(2)6-15-11(17-14)16-10-4-3-8(12)5-9(10)13/h3-5,7H,6,14H2,1-2H3,(H2,15,16,17). The molecule has 0 aromatic heterocycles. The van der Waals surface area contributed by atoms with Gasteiger partial charge in [0.15, 0.2) is 0 Å². The molecule has 1 rings (SSSR count). The van der Waals surface area contributed by atoms with Crippen LogP contribution in [0.2, 0.25) is 0 Å². The molecule has 0 aliphatic carbocycles. The molecule has 1 aromatic carbocycles. The summed E-state index contributed by atoms with van der Waals surface area (Å²) < 4.78 is 13.7. The normalized spacial score (nSPS) is 11.8. The molecule has 0 aliphatic rings. The number of anilines is 1. The summed E-state index contributed by atoms with van der Waals surface area (Å²) in [6.45, 7) is 4.81. The van der Waals surface area contributed by atoms with E-state index < -0.39 is 0 Å². The van der Waals surface area contributed by atoms with Crippen LogP contribution in [-0.2, 0) is 0 Å². The van der Waals surface area contributed by atoms with E-state index >= 15 is 0 Å². The molecule has 6 heteroatoms. The first-order valence-electron chi connectivity index (χ1n) is 5.26. The number of hydrazine groups is 1. The van der Waals surface area contributed by atoms with Crippen molar-refractivity contribution in [3.05, 3.63) is 27.6 Å². The predicted octanol–water partition coefficient (Wildman–Crippen LogP) is 2.32. The summed E-state index contributed by atoms with van der Waals surface area (Å²) in [6.07, 6.45) is 0. The van der Waals surface area contributed by atoms with E-state index in [0.29, 0.717) is 18.4 Å². The molecule has 1 aromatic rings. The van der Waals surface area contributed by atoms with Crippen molar-refractivity contribution in [1.29, 1.82) is 0 Å². The van der Waals surface area contributed by atoms with Crippen molar-refractivity contribution in [3.8, 4) is 0 Å². The predicted molar refractivity (Wildman–Crippen MR) is 77.2 cm³/mol. The topological polar surface area (TPSA) is 62.4 Å². The van der Waals surface area contributed by atoms with Gasteiger partial charge in [-0.05, 0) is 46.7 Å². The Kier molecular flexibility index (Phi) is 5.63.